The lowest BCUT2D eigenvalue weighted by Crippen LogP contribution is -2.30. The number of carbonyl (C=O) groups excluding carboxylic acids is 1. The van der Waals surface area contributed by atoms with E-state index in [0.29, 0.717) is 22.4 Å². The van der Waals surface area contributed by atoms with Crippen molar-refractivity contribution in [2.45, 2.75) is 13.0 Å². The Kier molecular flexibility index (Phi) is 4.72. The van der Waals surface area contributed by atoms with Gasteiger partial charge >= 0.3 is 0 Å². The highest BCUT2D eigenvalue weighted by molar-refractivity contribution is 6.32. The van der Waals surface area contributed by atoms with E-state index >= 15 is 0 Å². The van der Waals surface area contributed by atoms with Crippen LogP contribution in [0.25, 0.3) is 5.82 Å². The molecule has 0 saturated heterocycles. The summed E-state index contributed by atoms with van der Waals surface area (Å²) < 4.78 is 7.29. The molecule has 3 aromatic rings. The first-order chi connectivity index (χ1) is 11.6. The van der Waals surface area contributed by atoms with Gasteiger partial charge in [0.2, 0.25) is 0 Å². The Morgan fingerprint density at radius 3 is 2.92 bits per heavy atom. The number of nitrogens with one attached hydrogen (secondary N) is 1. The van der Waals surface area contributed by atoms with E-state index in [0.717, 1.165) is 0 Å². The van der Waals surface area contributed by atoms with E-state index in [1.54, 1.807) is 60.5 Å². The van der Waals surface area contributed by atoms with Gasteiger partial charge in [0.25, 0.3) is 5.91 Å². The van der Waals surface area contributed by atoms with E-state index in [-0.39, 0.29) is 5.91 Å². The van der Waals surface area contributed by atoms with Crippen LogP contribution in [0.2, 0.25) is 5.02 Å². The van der Waals surface area contributed by atoms with Crippen LogP contribution in [-0.2, 0) is 4.79 Å². The Bertz CT molecular complexity index is 838. The van der Waals surface area contributed by atoms with E-state index in [2.05, 4.69) is 20.3 Å². The van der Waals surface area contributed by atoms with Gasteiger partial charge in [-0.2, -0.15) is 0 Å². The van der Waals surface area contributed by atoms with Crippen LogP contribution in [0, 0.1) is 0 Å². The molecule has 24 heavy (non-hydrogen) atoms. The molecule has 1 unspecified atom stereocenters. The number of hydrogen-bond donors (Lipinski definition) is 1. The van der Waals surface area contributed by atoms with Crippen LogP contribution in [0.3, 0.4) is 0 Å². The van der Waals surface area contributed by atoms with Gasteiger partial charge in [0, 0.05) is 18.5 Å². The molecule has 1 aromatic carbocycles. The SMILES string of the molecule is CC(Oc1ccccc1Cl)C(=O)Nc1cc(-n2ccnc2)ncn1. The summed E-state index contributed by atoms with van der Waals surface area (Å²) in [6, 6.07) is 8.62. The van der Waals surface area contributed by atoms with Crippen LogP contribution < -0.4 is 10.1 Å². The second-order valence-electron chi connectivity index (χ2n) is 4.91. The minimum absolute atomic E-state index is 0.342. The van der Waals surface area contributed by atoms with Crippen LogP contribution in [-0.4, -0.2) is 31.5 Å². The first-order valence-electron chi connectivity index (χ1n) is 7.16. The van der Waals surface area contributed by atoms with E-state index in [1.165, 1.54) is 6.33 Å². The molecule has 0 aliphatic rings. The first-order valence-corrected chi connectivity index (χ1v) is 7.53. The number of rotatable bonds is 5. The molecule has 0 spiro atoms. The molecule has 2 heterocycles. The third kappa shape index (κ3) is 3.69. The number of nitrogens with zero attached hydrogens (tertiary/aromatic N) is 4. The zero-order valence-corrected chi connectivity index (χ0v) is 13.5. The standard InChI is InChI=1S/C16H14ClN5O2/c1-11(24-13-5-3-2-4-12(13)17)16(23)21-14-8-15(20-9-19-14)22-7-6-18-10-22/h2-11H,1H3,(H,19,20,21,23). The van der Waals surface area contributed by atoms with Crippen molar-refractivity contribution in [3.63, 3.8) is 0 Å². The minimum Gasteiger partial charge on any atom is -0.479 e. The predicted molar refractivity (Wildman–Crippen MR) is 89.3 cm³/mol. The van der Waals surface area contributed by atoms with Crippen molar-refractivity contribution < 1.29 is 9.53 Å². The molecule has 7 nitrogen and oxygen atoms in total. The van der Waals surface area contributed by atoms with Crippen molar-refractivity contribution in [2.75, 3.05) is 5.32 Å². The fourth-order valence-corrected chi connectivity index (χ4v) is 2.14. The smallest absolute Gasteiger partial charge is 0.266 e. The van der Waals surface area contributed by atoms with Gasteiger partial charge in [-0.25, -0.2) is 15.0 Å². The number of halogens is 1. The Labute approximate surface area is 143 Å². The number of aromatic nitrogens is 4. The van der Waals surface area contributed by atoms with Gasteiger partial charge in [0.15, 0.2) is 6.10 Å². The average molecular weight is 344 g/mol. The lowest BCUT2D eigenvalue weighted by atomic mass is 10.3. The second kappa shape index (κ2) is 7.10. The molecule has 2 aromatic heterocycles. The summed E-state index contributed by atoms with van der Waals surface area (Å²) in [5.74, 6) is 1.07. The Hall–Kier alpha value is -2.93. The van der Waals surface area contributed by atoms with Gasteiger partial charge in [0.1, 0.15) is 30.0 Å². The number of hydrogen-bond acceptors (Lipinski definition) is 5. The summed E-state index contributed by atoms with van der Waals surface area (Å²) in [7, 11) is 0. The van der Waals surface area contributed by atoms with E-state index in [4.69, 9.17) is 16.3 Å². The molecule has 8 heteroatoms. The van der Waals surface area contributed by atoms with Gasteiger partial charge in [-0.1, -0.05) is 23.7 Å². The lowest BCUT2D eigenvalue weighted by Gasteiger charge is -2.15. The molecule has 0 bridgehead atoms. The fraction of sp³-hybridized carbons (Fsp3) is 0.125. The molecule has 0 fully saturated rings. The van der Waals surface area contributed by atoms with Crippen molar-refractivity contribution in [1.29, 1.82) is 0 Å². The molecular formula is C16H14ClN5O2. The highest BCUT2D eigenvalue weighted by Gasteiger charge is 2.17. The zero-order valence-electron chi connectivity index (χ0n) is 12.8. The van der Waals surface area contributed by atoms with Gasteiger partial charge in [-0.3, -0.25) is 9.36 Å². The summed E-state index contributed by atoms with van der Waals surface area (Å²) >= 11 is 6.03. The van der Waals surface area contributed by atoms with Crippen LogP contribution in [0.4, 0.5) is 5.82 Å². The lowest BCUT2D eigenvalue weighted by molar-refractivity contribution is -0.122. The molecule has 0 aliphatic carbocycles. The van der Waals surface area contributed by atoms with Gasteiger partial charge in [-0.05, 0) is 19.1 Å². The third-order valence-electron chi connectivity index (χ3n) is 3.18. The second-order valence-corrected chi connectivity index (χ2v) is 5.32. The number of carbonyl (C=O) groups is 1. The van der Waals surface area contributed by atoms with Crippen LogP contribution in [0.15, 0.2) is 55.4 Å². The maximum Gasteiger partial charge on any atom is 0.266 e. The third-order valence-corrected chi connectivity index (χ3v) is 3.49. The van der Waals surface area contributed by atoms with Crippen molar-refractivity contribution >= 4 is 23.3 Å². The fourth-order valence-electron chi connectivity index (χ4n) is 1.96. The van der Waals surface area contributed by atoms with Gasteiger partial charge < -0.3 is 10.1 Å². The van der Waals surface area contributed by atoms with Crippen LogP contribution >= 0.6 is 11.6 Å². The van der Waals surface area contributed by atoms with Gasteiger partial charge in [-0.15, -0.1) is 0 Å². The molecule has 1 amide bonds. The maximum atomic E-state index is 12.3. The number of para-hydroxylation sites is 1. The monoisotopic (exact) mass is 343 g/mol. The zero-order chi connectivity index (χ0) is 16.9. The van der Waals surface area contributed by atoms with Crippen molar-refractivity contribution in [3.8, 4) is 11.6 Å². The minimum atomic E-state index is -0.739. The quantitative estimate of drug-likeness (QED) is 0.770. The maximum absolute atomic E-state index is 12.3. The normalized spacial score (nSPS) is 11.8. The topological polar surface area (TPSA) is 81.9 Å². The molecule has 0 radical (unpaired) electrons. The highest BCUT2D eigenvalue weighted by atomic mass is 35.5. The summed E-state index contributed by atoms with van der Waals surface area (Å²) in [6.07, 6.45) is 5.62. The van der Waals surface area contributed by atoms with Crippen LogP contribution in [0.1, 0.15) is 6.92 Å². The van der Waals surface area contributed by atoms with Crippen molar-refractivity contribution in [2.24, 2.45) is 0 Å². The number of benzene rings is 1. The summed E-state index contributed by atoms with van der Waals surface area (Å²) in [5.41, 5.74) is 0. The predicted octanol–water partition coefficient (Wildman–Crippen LogP) is 2.72. The number of imidazole rings is 1. The molecule has 0 saturated carbocycles. The number of amides is 1. The van der Waals surface area contributed by atoms with E-state index in [1.807, 2.05) is 0 Å². The van der Waals surface area contributed by atoms with E-state index < -0.39 is 6.10 Å². The Morgan fingerprint density at radius 1 is 1.33 bits per heavy atom. The Balaban J connectivity index is 1.68. The molecule has 3 rings (SSSR count). The van der Waals surface area contributed by atoms with Crippen molar-refractivity contribution in [3.05, 3.63) is 60.4 Å². The Morgan fingerprint density at radius 2 is 2.17 bits per heavy atom. The highest BCUT2D eigenvalue weighted by Crippen LogP contribution is 2.24. The number of ether oxygens (including phenoxy) is 1. The molecular weight excluding hydrogens is 330 g/mol. The number of anilines is 1. The average Bonchev–Trinajstić information content (AvgIpc) is 3.12. The molecule has 1 atom stereocenters. The molecule has 0 aliphatic heterocycles. The summed E-state index contributed by atoms with van der Waals surface area (Å²) in [6.45, 7) is 1.64. The summed E-state index contributed by atoms with van der Waals surface area (Å²) in [5, 5.41) is 3.14. The van der Waals surface area contributed by atoms with Crippen LogP contribution in [0.5, 0.6) is 5.75 Å². The first kappa shape index (κ1) is 15.9. The van der Waals surface area contributed by atoms with Crippen molar-refractivity contribution in [1.82, 2.24) is 19.5 Å². The summed E-state index contributed by atoms with van der Waals surface area (Å²) in [4.78, 5) is 24.4. The van der Waals surface area contributed by atoms with E-state index in [9.17, 15) is 4.79 Å². The molecule has 1 N–H and O–H groups in total. The largest absolute Gasteiger partial charge is 0.479 e. The molecule has 122 valence electrons. The van der Waals surface area contributed by atoms with Gasteiger partial charge in [0.05, 0.1) is 5.02 Å².